The molecule has 6 heteroatoms. The highest BCUT2D eigenvalue weighted by molar-refractivity contribution is 6.20. The van der Waals surface area contributed by atoms with Crippen LogP contribution in [0.25, 0.3) is 11.6 Å². The zero-order valence-corrected chi connectivity index (χ0v) is 7.52. The molecule has 1 unspecified atom stereocenters. The van der Waals surface area contributed by atoms with Crippen molar-refractivity contribution in [1.29, 1.82) is 0 Å². The van der Waals surface area contributed by atoms with Gasteiger partial charge in [-0.15, -0.1) is 11.6 Å². The Labute approximate surface area is 78.7 Å². The summed E-state index contributed by atoms with van der Waals surface area (Å²) in [5, 5.41) is 7.04. The molecule has 0 saturated heterocycles. The van der Waals surface area contributed by atoms with Crippen molar-refractivity contribution in [2.45, 2.75) is 12.3 Å². The fourth-order valence-electron chi connectivity index (χ4n) is 0.823. The van der Waals surface area contributed by atoms with Crippen LogP contribution in [0.4, 0.5) is 0 Å². The van der Waals surface area contributed by atoms with E-state index in [1.807, 2.05) is 0 Å². The molecule has 0 aromatic carbocycles. The molecular weight excluding hydrogens is 194 g/mol. The molecule has 2 aromatic rings. The van der Waals surface area contributed by atoms with Crippen LogP contribution in [0.1, 0.15) is 18.1 Å². The van der Waals surface area contributed by atoms with Gasteiger partial charge in [0.1, 0.15) is 6.26 Å². The summed E-state index contributed by atoms with van der Waals surface area (Å²) in [6, 6.07) is 1.64. The number of rotatable bonds is 2. The van der Waals surface area contributed by atoms with Gasteiger partial charge in [0.2, 0.25) is 0 Å². The van der Waals surface area contributed by atoms with E-state index in [1.54, 1.807) is 13.0 Å². The van der Waals surface area contributed by atoms with Crippen molar-refractivity contribution in [3.05, 3.63) is 18.2 Å². The highest BCUT2D eigenvalue weighted by atomic mass is 35.5. The second-order valence-corrected chi connectivity index (χ2v) is 3.11. The number of nitrogens with zero attached hydrogens (tertiary/aromatic N) is 3. The summed E-state index contributed by atoms with van der Waals surface area (Å²) in [6.07, 6.45) is 1.43. The minimum Gasteiger partial charge on any atom is -0.364 e. The molecule has 2 heterocycles. The van der Waals surface area contributed by atoms with E-state index < -0.39 is 0 Å². The van der Waals surface area contributed by atoms with E-state index in [9.17, 15) is 0 Å². The van der Waals surface area contributed by atoms with E-state index in [2.05, 4.69) is 19.8 Å². The fraction of sp³-hybridized carbons (Fsp3) is 0.286. The van der Waals surface area contributed by atoms with Gasteiger partial charge in [0.25, 0.3) is 5.89 Å². The van der Waals surface area contributed by atoms with Gasteiger partial charge in [-0.3, -0.25) is 0 Å². The summed E-state index contributed by atoms with van der Waals surface area (Å²) < 4.78 is 9.53. The van der Waals surface area contributed by atoms with Crippen LogP contribution >= 0.6 is 11.6 Å². The molecule has 0 aliphatic carbocycles. The van der Waals surface area contributed by atoms with Crippen molar-refractivity contribution in [2.24, 2.45) is 0 Å². The zero-order chi connectivity index (χ0) is 9.26. The summed E-state index contributed by atoms with van der Waals surface area (Å²) in [5.41, 5.74) is 0.510. The van der Waals surface area contributed by atoms with Crippen LogP contribution in [-0.2, 0) is 0 Å². The standard InChI is InChI=1S/C7H6ClN3O2/c1-4(8)6-9-7(13-11-6)5-2-3-12-10-5/h2-4H,1H3. The molecule has 0 fully saturated rings. The molecule has 5 nitrogen and oxygen atoms in total. The van der Waals surface area contributed by atoms with Gasteiger partial charge in [-0.1, -0.05) is 10.3 Å². The van der Waals surface area contributed by atoms with Crippen LogP contribution in [0.3, 0.4) is 0 Å². The van der Waals surface area contributed by atoms with Crippen molar-refractivity contribution in [2.75, 3.05) is 0 Å². The summed E-state index contributed by atoms with van der Waals surface area (Å²) in [6.45, 7) is 1.76. The maximum atomic E-state index is 5.75. The van der Waals surface area contributed by atoms with Gasteiger partial charge in [0.15, 0.2) is 11.5 Å². The number of halogens is 1. The third-order valence-corrected chi connectivity index (χ3v) is 1.65. The van der Waals surface area contributed by atoms with Crippen molar-refractivity contribution in [3.63, 3.8) is 0 Å². The van der Waals surface area contributed by atoms with Gasteiger partial charge in [-0.25, -0.2) is 0 Å². The quantitative estimate of drug-likeness (QED) is 0.693. The van der Waals surface area contributed by atoms with E-state index in [4.69, 9.17) is 16.1 Å². The predicted molar refractivity (Wildman–Crippen MR) is 44.1 cm³/mol. The maximum absolute atomic E-state index is 5.75. The molecule has 0 amide bonds. The van der Waals surface area contributed by atoms with E-state index in [0.29, 0.717) is 17.4 Å². The molecule has 0 N–H and O–H groups in total. The molecule has 13 heavy (non-hydrogen) atoms. The average molecular weight is 200 g/mol. The number of hydrogen-bond acceptors (Lipinski definition) is 5. The van der Waals surface area contributed by atoms with Crippen LogP contribution in [0, 0.1) is 0 Å². The summed E-state index contributed by atoms with van der Waals surface area (Å²) in [7, 11) is 0. The lowest BCUT2D eigenvalue weighted by Gasteiger charge is -1.88. The van der Waals surface area contributed by atoms with E-state index >= 15 is 0 Å². The molecule has 0 bridgehead atoms. The number of alkyl halides is 1. The normalized spacial score (nSPS) is 13.1. The molecular formula is C7H6ClN3O2. The summed E-state index contributed by atoms with van der Waals surface area (Å²) >= 11 is 5.75. The Kier molecular flexibility index (Phi) is 2.02. The lowest BCUT2D eigenvalue weighted by atomic mass is 10.4. The minimum atomic E-state index is -0.274. The summed E-state index contributed by atoms with van der Waals surface area (Å²) in [4.78, 5) is 4.02. The first-order chi connectivity index (χ1) is 6.27. The van der Waals surface area contributed by atoms with Gasteiger partial charge in [0.05, 0.1) is 5.38 Å². The molecule has 2 rings (SSSR count). The van der Waals surface area contributed by atoms with E-state index in [0.717, 1.165) is 0 Å². The molecule has 1 atom stereocenters. The topological polar surface area (TPSA) is 65.0 Å². The van der Waals surface area contributed by atoms with Crippen molar-refractivity contribution >= 4 is 11.6 Å². The molecule has 68 valence electrons. The molecule has 0 radical (unpaired) electrons. The second kappa shape index (κ2) is 3.18. The highest BCUT2D eigenvalue weighted by Crippen LogP contribution is 2.20. The Morgan fingerprint density at radius 2 is 2.31 bits per heavy atom. The van der Waals surface area contributed by atoms with Gasteiger partial charge in [-0.2, -0.15) is 4.98 Å². The Bertz CT molecular complexity index is 382. The molecule has 0 spiro atoms. The lowest BCUT2D eigenvalue weighted by Crippen LogP contribution is -1.86. The Morgan fingerprint density at radius 3 is 2.85 bits per heavy atom. The number of aromatic nitrogens is 3. The van der Waals surface area contributed by atoms with Crippen LogP contribution in [0.15, 0.2) is 21.4 Å². The molecule has 0 aliphatic rings. The van der Waals surface area contributed by atoms with Crippen LogP contribution < -0.4 is 0 Å². The monoisotopic (exact) mass is 199 g/mol. The van der Waals surface area contributed by atoms with E-state index in [1.165, 1.54) is 6.26 Å². The smallest absolute Gasteiger partial charge is 0.280 e. The van der Waals surface area contributed by atoms with Gasteiger partial charge < -0.3 is 9.05 Å². The van der Waals surface area contributed by atoms with Crippen molar-refractivity contribution in [1.82, 2.24) is 15.3 Å². The van der Waals surface area contributed by atoms with Crippen LogP contribution in [-0.4, -0.2) is 15.3 Å². The first-order valence-corrected chi connectivity index (χ1v) is 4.09. The SMILES string of the molecule is CC(Cl)c1noc(-c2ccon2)n1. The Hall–Kier alpha value is -1.36. The van der Waals surface area contributed by atoms with Crippen LogP contribution in [0.5, 0.6) is 0 Å². The molecule has 0 saturated carbocycles. The Balaban J connectivity index is 2.33. The third-order valence-electron chi connectivity index (χ3n) is 1.45. The molecule has 0 aliphatic heterocycles. The van der Waals surface area contributed by atoms with Gasteiger partial charge >= 0.3 is 0 Å². The zero-order valence-electron chi connectivity index (χ0n) is 6.77. The number of hydrogen-bond donors (Lipinski definition) is 0. The first kappa shape index (κ1) is 8.25. The highest BCUT2D eigenvalue weighted by Gasteiger charge is 2.14. The fourth-order valence-corrected chi connectivity index (χ4v) is 0.912. The largest absolute Gasteiger partial charge is 0.364 e. The average Bonchev–Trinajstić information content (AvgIpc) is 2.75. The maximum Gasteiger partial charge on any atom is 0.280 e. The van der Waals surface area contributed by atoms with Crippen molar-refractivity contribution in [3.8, 4) is 11.6 Å². The van der Waals surface area contributed by atoms with Gasteiger partial charge in [-0.05, 0) is 6.92 Å². The first-order valence-electron chi connectivity index (χ1n) is 3.66. The van der Waals surface area contributed by atoms with Crippen LogP contribution in [0.2, 0.25) is 0 Å². The second-order valence-electron chi connectivity index (χ2n) is 2.46. The molecule has 2 aromatic heterocycles. The summed E-state index contributed by atoms with van der Waals surface area (Å²) in [5.74, 6) is 0.760. The predicted octanol–water partition coefficient (Wildman–Crippen LogP) is 2.02. The van der Waals surface area contributed by atoms with E-state index in [-0.39, 0.29) is 5.38 Å². The van der Waals surface area contributed by atoms with Gasteiger partial charge in [0, 0.05) is 6.07 Å². The minimum absolute atomic E-state index is 0.274. The lowest BCUT2D eigenvalue weighted by molar-refractivity contribution is 0.401. The van der Waals surface area contributed by atoms with Crippen molar-refractivity contribution < 1.29 is 9.05 Å². The Morgan fingerprint density at radius 1 is 1.46 bits per heavy atom. The third kappa shape index (κ3) is 1.55.